The minimum atomic E-state index is 0.0211. The average Bonchev–Trinajstić information content (AvgIpc) is 2.49. The largest absolute Gasteiger partial charge is 0.506 e. The van der Waals surface area contributed by atoms with Crippen molar-refractivity contribution in [3.8, 4) is 5.75 Å². The van der Waals surface area contributed by atoms with E-state index in [-0.39, 0.29) is 11.9 Å². The normalized spacial score (nSPS) is 11.1. The maximum Gasteiger partial charge on any atom is 0.140 e. The molecule has 0 saturated heterocycles. The zero-order valence-corrected chi connectivity index (χ0v) is 8.64. The molecule has 0 unspecified atom stereocenters. The van der Waals surface area contributed by atoms with Gasteiger partial charge >= 0.3 is 0 Å². The molecule has 2 aromatic rings. The van der Waals surface area contributed by atoms with Crippen LogP contribution in [0.15, 0.2) is 18.3 Å². The monoisotopic (exact) mass is 207 g/mol. The van der Waals surface area contributed by atoms with E-state index in [1.165, 1.54) is 4.85 Å². The van der Waals surface area contributed by atoms with Gasteiger partial charge in [0.1, 0.15) is 17.4 Å². The molecule has 1 aromatic heterocycles. The van der Waals surface area contributed by atoms with Gasteiger partial charge in [-0.15, -0.1) is 5.10 Å². The molecule has 0 saturated carbocycles. The summed E-state index contributed by atoms with van der Waals surface area (Å²) in [5, 5.41) is 14.4. The summed E-state index contributed by atoms with van der Waals surface area (Å²) in [4.78, 5) is 6.80. The Hall–Kier alpha value is -1.91. The van der Waals surface area contributed by atoms with E-state index in [9.17, 15) is 5.11 Å². The molecule has 80 valence electrons. The topological polar surface area (TPSA) is 73.3 Å². The fraction of sp³-hybridized carbons (Fsp3) is 0.300. The first-order chi connectivity index (χ1) is 7.08. The highest BCUT2D eigenvalue weighted by Crippen LogP contribution is 2.26. The number of phenolic OH excluding ortho intramolecular Hbond substituents is 1. The van der Waals surface area contributed by atoms with Crippen LogP contribution in [0.1, 0.15) is 13.8 Å². The first-order valence-electron chi connectivity index (χ1n) is 4.71. The Labute approximate surface area is 87.0 Å². The Balaban J connectivity index is 2.54. The molecule has 5 nitrogen and oxygen atoms in total. The molecule has 0 atom stereocenters. The van der Waals surface area contributed by atoms with Crippen LogP contribution in [0, 0.1) is 0 Å². The number of hydrogen-bond acceptors (Lipinski definition) is 4. The Morgan fingerprint density at radius 3 is 2.87 bits per heavy atom. The van der Waals surface area contributed by atoms with Crippen LogP contribution >= 0.6 is 0 Å². The van der Waals surface area contributed by atoms with E-state index in [2.05, 4.69) is 5.10 Å². The van der Waals surface area contributed by atoms with Crippen molar-refractivity contribution in [1.29, 1.82) is 0 Å². The Bertz CT molecular complexity index is 491. The fourth-order valence-electron chi connectivity index (χ4n) is 1.34. The average molecular weight is 207 g/mol. The standard InChI is InChI=1S/C10H13N3O2/c1-6(2)15-13-9-4-10(14)8(11)3-7(9)5-12-13/h3-6,14H,11H2,1-2H3. The molecule has 1 heterocycles. The summed E-state index contributed by atoms with van der Waals surface area (Å²) in [6.07, 6.45) is 1.67. The third kappa shape index (κ3) is 1.68. The smallest absolute Gasteiger partial charge is 0.140 e. The minimum absolute atomic E-state index is 0.0211. The van der Waals surface area contributed by atoms with E-state index < -0.39 is 0 Å². The Kier molecular flexibility index (Phi) is 2.15. The maximum absolute atomic E-state index is 9.47. The zero-order valence-electron chi connectivity index (χ0n) is 8.64. The van der Waals surface area contributed by atoms with E-state index in [1.54, 1.807) is 18.3 Å². The first-order valence-corrected chi connectivity index (χ1v) is 4.71. The Morgan fingerprint density at radius 2 is 2.20 bits per heavy atom. The van der Waals surface area contributed by atoms with Gasteiger partial charge in [0.25, 0.3) is 0 Å². The minimum Gasteiger partial charge on any atom is -0.506 e. The van der Waals surface area contributed by atoms with E-state index in [4.69, 9.17) is 10.6 Å². The second kappa shape index (κ2) is 3.34. The van der Waals surface area contributed by atoms with Crippen LogP contribution < -0.4 is 10.6 Å². The van der Waals surface area contributed by atoms with Crippen molar-refractivity contribution >= 4 is 16.6 Å². The molecule has 2 rings (SSSR count). The van der Waals surface area contributed by atoms with Crippen molar-refractivity contribution in [2.45, 2.75) is 20.0 Å². The third-order valence-electron chi connectivity index (χ3n) is 1.99. The zero-order chi connectivity index (χ0) is 11.0. The van der Waals surface area contributed by atoms with Crippen LogP contribution in [0.25, 0.3) is 10.9 Å². The molecular weight excluding hydrogens is 194 g/mol. The Morgan fingerprint density at radius 1 is 1.47 bits per heavy atom. The van der Waals surface area contributed by atoms with Gasteiger partial charge in [0.05, 0.1) is 11.9 Å². The van der Waals surface area contributed by atoms with Gasteiger partial charge in [-0.1, -0.05) is 4.85 Å². The summed E-state index contributed by atoms with van der Waals surface area (Å²) in [5.41, 5.74) is 6.61. The second-order valence-electron chi connectivity index (χ2n) is 3.64. The lowest BCUT2D eigenvalue weighted by molar-refractivity contribution is 0.0444. The van der Waals surface area contributed by atoms with Gasteiger partial charge in [0.15, 0.2) is 0 Å². The SMILES string of the molecule is CC(C)On1ncc2cc(N)c(O)cc21. The quantitative estimate of drug-likeness (QED) is 0.572. The molecule has 0 spiro atoms. The molecule has 1 aromatic carbocycles. The lowest BCUT2D eigenvalue weighted by Crippen LogP contribution is -2.19. The summed E-state index contributed by atoms with van der Waals surface area (Å²) >= 11 is 0. The highest BCUT2D eigenvalue weighted by Gasteiger charge is 2.08. The van der Waals surface area contributed by atoms with Crippen molar-refractivity contribution in [2.24, 2.45) is 0 Å². The number of fused-ring (bicyclic) bond motifs is 1. The van der Waals surface area contributed by atoms with Gasteiger partial charge in [0, 0.05) is 11.5 Å². The van der Waals surface area contributed by atoms with Gasteiger partial charge in [-0.25, -0.2) is 0 Å². The molecule has 5 heteroatoms. The summed E-state index contributed by atoms with van der Waals surface area (Å²) in [6, 6.07) is 3.21. The lowest BCUT2D eigenvalue weighted by atomic mass is 10.2. The predicted octanol–water partition coefficient (Wildman–Crippen LogP) is 1.16. The molecular formula is C10H13N3O2. The van der Waals surface area contributed by atoms with Gasteiger partial charge in [0.2, 0.25) is 0 Å². The van der Waals surface area contributed by atoms with E-state index in [0.717, 1.165) is 5.39 Å². The molecule has 0 amide bonds. The predicted molar refractivity (Wildman–Crippen MR) is 57.5 cm³/mol. The molecule has 0 fully saturated rings. The number of hydrogen-bond donors (Lipinski definition) is 2. The van der Waals surface area contributed by atoms with Gasteiger partial charge in [-0.3, -0.25) is 0 Å². The van der Waals surface area contributed by atoms with Crippen LogP contribution in [-0.4, -0.2) is 21.2 Å². The molecule has 0 radical (unpaired) electrons. The van der Waals surface area contributed by atoms with Crippen molar-refractivity contribution in [2.75, 3.05) is 5.73 Å². The van der Waals surface area contributed by atoms with Crippen LogP contribution in [0.4, 0.5) is 5.69 Å². The van der Waals surface area contributed by atoms with Crippen molar-refractivity contribution in [3.05, 3.63) is 18.3 Å². The molecule has 0 aliphatic rings. The number of anilines is 1. The summed E-state index contributed by atoms with van der Waals surface area (Å²) in [5.74, 6) is 0.0385. The van der Waals surface area contributed by atoms with Crippen molar-refractivity contribution in [3.63, 3.8) is 0 Å². The van der Waals surface area contributed by atoms with Gasteiger partial charge < -0.3 is 15.7 Å². The lowest BCUT2D eigenvalue weighted by Gasteiger charge is -2.09. The molecule has 0 aliphatic heterocycles. The number of nitrogen functional groups attached to an aromatic ring is 1. The maximum atomic E-state index is 9.47. The number of benzene rings is 1. The number of phenols is 1. The van der Waals surface area contributed by atoms with Crippen LogP contribution in [0.2, 0.25) is 0 Å². The van der Waals surface area contributed by atoms with E-state index in [1.807, 2.05) is 13.8 Å². The number of rotatable bonds is 2. The molecule has 0 aliphatic carbocycles. The number of aromatic nitrogens is 2. The third-order valence-corrected chi connectivity index (χ3v) is 1.99. The molecule has 0 bridgehead atoms. The molecule has 3 N–H and O–H groups in total. The van der Waals surface area contributed by atoms with E-state index >= 15 is 0 Å². The van der Waals surface area contributed by atoms with Gasteiger partial charge in [-0.05, 0) is 19.9 Å². The summed E-state index contributed by atoms with van der Waals surface area (Å²) < 4.78 is 0. The van der Waals surface area contributed by atoms with Crippen LogP contribution in [0.3, 0.4) is 0 Å². The number of nitrogens with zero attached hydrogens (tertiary/aromatic N) is 2. The van der Waals surface area contributed by atoms with Crippen LogP contribution in [-0.2, 0) is 0 Å². The van der Waals surface area contributed by atoms with Crippen molar-refractivity contribution in [1.82, 2.24) is 9.94 Å². The van der Waals surface area contributed by atoms with E-state index in [0.29, 0.717) is 11.2 Å². The highest BCUT2D eigenvalue weighted by molar-refractivity contribution is 5.84. The number of aromatic hydroxyl groups is 1. The van der Waals surface area contributed by atoms with Crippen LogP contribution in [0.5, 0.6) is 5.75 Å². The summed E-state index contributed by atoms with van der Waals surface area (Å²) in [6.45, 7) is 3.81. The summed E-state index contributed by atoms with van der Waals surface area (Å²) in [7, 11) is 0. The fourth-order valence-corrected chi connectivity index (χ4v) is 1.34. The molecule has 15 heavy (non-hydrogen) atoms. The highest BCUT2D eigenvalue weighted by atomic mass is 16.7. The number of nitrogens with two attached hydrogens (primary N) is 1. The van der Waals surface area contributed by atoms with Crippen molar-refractivity contribution < 1.29 is 9.94 Å². The first kappa shape index (κ1) is 9.64. The van der Waals surface area contributed by atoms with Gasteiger partial charge in [-0.2, -0.15) is 0 Å². The second-order valence-corrected chi connectivity index (χ2v) is 3.64.